The van der Waals surface area contributed by atoms with Crippen LogP contribution in [0.2, 0.25) is 0 Å². The number of methoxy groups -OCH3 is 1. The molecule has 0 radical (unpaired) electrons. The first kappa shape index (κ1) is 12.7. The molecule has 1 unspecified atom stereocenters. The fourth-order valence-corrected chi connectivity index (χ4v) is 1.59. The van der Waals surface area contributed by atoms with E-state index in [4.69, 9.17) is 10.00 Å². The Balaban J connectivity index is 2.95. The minimum absolute atomic E-state index is 0.0739. The van der Waals surface area contributed by atoms with E-state index in [0.717, 1.165) is 30.8 Å². The van der Waals surface area contributed by atoms with E-state index in [9.17, 15) is 0 Å². The van der Waals surface area contributed by atoms with Gasteiger partial charge in [0.1, 0.15) is 5.69 Å². The molecule has 0 aliphatic rings. The highest BCUT2D eigenvalue weighted by Gasteiger charge is 2.18. The summed E-state index contributed by atoms with van der Waals surface area (Å²) in [4.78, 5) is 0. The minimum atomic E-state index is -0.0739. The van der Waals surface area contributed by atoms with Gasteiger partial charge in [0.15, 0.2) is 0 Å². The standard InChI is InChI=1S/C11H18N4O/c1-4-5-8-15-11(9(2)16-3)10(6-7-12)13-14-15/h9H,4-6,8H2,1-3H3. The Hall–Kier alpha value is -1.41. The van der Waals surface area contributed by atoms with Gasteiger partial charge in [0.2, 0.25) is 0 Å². The Labute approximate surface area is 96.0 Å². The van der Waals surface area contributed by atoms with Crippen LogP contribution in [0.1, 0.15) is 44.2 Å². The molecule has 0 N–H and O–H groups in total. The normalized spacial score (nSPS) is 12.4. The predicted molar refractivity (Wildman–Crippen MR) is 59.7 cm³/mol. The summed E-state index contributed by atoms with van der Waals surface area (Å²) in [5, 5.41) is 16.8. The highest BCUT2D eigenvalue weighted by Crippen LogP contribution is 2.19. The van der Waals surface area contributed by atoms with Crippen LogP contribution < -0.4 is 0 Å². The summed E-state index contributed by atoms with van der Waals surface area (Å²) in [6, 6.07) is 2.10. The highest BCUT2D eigenvalue weighted by molar-refractivity contribution is 5.16. The molecule has 5 heteroatoms. The molecule has 1 atom stereocenters. The zero-order valence-corrected chi connectivity index (χ0v) is 10.1. The largest absolute Gasteiger partial charge is 0.375 e. The van der Waals surface area contributed by atoms with Gasteiger partial charge in [0.05, 0.1) is 24.3 Å². The zero-order valence-electron chi connectivity index (χ0n) is 10.1. The molecular weight excluding hydrogens is 204 g/mol. The molecular formula is C11H18N4O. The van der Waals surface area contributed by atoms with Gasteiger partial charge in [-0.05, 0) is 13.3 Å². The Morgan fingerprint density at radius 3 is 2.88 bits per heavy atom. The van der Waals surface area contributed by atoms with Crippen LogP contribution in [0.5, 0.6) is 0 Å². The molecule has 0 saturated heterocycles. The second-order valence-electron chi connectivity index (χ2n) is 3.71. The third kappa shape index (κ3) is 2.80. The summed E-state index contributed by atoms with van der Waals surface area (Å²) in [5.41, 5.74) is 1.66. The van der Waals surface area contributed by atoms with Gasteiger partial charge in [-0.2, -0.15) is 5.26 Å². The van der Waals surface area contributed by atoms with Gasteiger partial charge in [-0.15, -0.1) is 5.10 Å². The molecule has 0 aliphatic carbocycles. The number of hydrogen-bond acceptors (Lipinski definition) is 4. The molecule has 0 spiro atoms. The molecule has 0 saturated carbocycles. The third-order valence-electron chi connectivity index (χ3n) is 2.56. The van der Waals surface area contributed by atoms with E-state index >= 15 is 0 Å². The average molecular weight is 222 g/mol. The minimum Gasteiger partial charge on any atom is -0.375 e. The van der Waals surface area contributed by atoms with Gasteiger partial charge in [-0.1, -0.05) is 18.6 Å². The highest BCUT2D eigenvalue weighted by atomic mass is 16.5. The number of unbranched alkanes of at least 4 members (excludes halogenated alkanes) is 1. The van der Waals surface area contributed by atoms with Crippen molar-refractivity contribution in [1.82, 2.24) is 15.0 Å². The number of aryl methyl sites for hydroxylation is 1. The van der Waals surface area contributed by atoms with Crippen molar-refractivity contribution < 1.29 is 4.74 Å². The van der Waals surface area contributed by atoms with Crippen LogP contribution in [0, 0.1) is 11.3 Å². The fraction of sp³-hybridized carbons (Fsp3) is 0.727. The average Bonchev–Trinajstić information content (AvgIpc) is 2.69. The van der Waals surface area contributed by atoms with E-state index in [1.54, 1.807) is 7.11 Å². The lowest BCUT2D eigenvalue weighted by Gasteiger charge is -2.12. The molecule has 0 bridgehead atoms. The number of rotatable bonds is 6. The van der Waals surface area contributed by atoms with Gasteiger partial charge in [-0.25, -0.2) is 4.68 Å². The Morgan fingerprint density at radius 2 is 2.31 bits per heavy atom. The van der Waals surface area contributed by atoms with E-state index in [2.05, 4.69) is 23.3 Å². The van der Waals surface area contributed by atoms with Crippen LogP contribution in [0.3, 0.4) is 0 Å². The van der Waals surface area contributed by atoms with E-state index in [1.165, 1.54) is 0 Å². The van der Waals surface area contributed by atoms with E-state index in [0.29, 0.717) is 0 Å². The number of aromatic nitrogens is 3. The van der Waals surface area contributed by atoms with E-state index in [-0.39, 0.29) is 12.5 Å². The summed E-state index contributed by atoms with van der Waals surface area (Å²) >= 11 is 0. The lowest BCUT2D eigenvalue weighted by atomic mass is 10.2. The van der Waals surface area contributed by atoms with Crippen molar-refractivity contribution in [3.8, 4) is 6.07 Å². The Morgan fingerprint density at radius 1 is 1.56 bits per heavy atom. The molecule has 88 valence electrons. The maximum Gasteiger partial charge on any atom is 0.103 e. The number of ether oxygens (including phenoxy) is 1. The van der Waals surface area contributed by atoms with E-state index in [1.807, 2.05) is 11.6 Å². The van der Waals surface area contributed by atoms with Crippen LogP contribution in [-0.4, -0.2) is 22.1 Å². The number of nitriles is 1. The van der Waals surface area contributed by atoms with Crippen molar-refractivity contribution >= 4 is 0 Å². The summed E-state index contributed by atoms with van der Waals surface area (Å²) in [7, 11) is 1.65. The lowest BCUT2D eigenvalue weighted by molar-refractivity contribution is 0.110. The van der Waals surface area contributed by atoms with Crippen molar-refractivity contribution in [3.05, 3.63) is 11.4 Å². The summed E-state index contributed by atoms with van der Waals surface area (Å²) in [5.74, 6) is 0. The molecule has 5 nitrogen and oxygen atoms in total. The van der Waals surface area contributed by atoms with Gasteiger partial charge in [0.25, 0.3) is 0 Å². The SMILES string of the molecule is CCCCn1nnc(CC#N)c1C(C)OC. The van der Waals surface area contributed by atoms with Gasteiger partial charge in [-0.3, -0.25) is 0 Å². The van der Waals surface area contributed by atoms with Gasteiger partial charge >= 0.3 is 0 Å². The second-order valence-corrected chi connectivity index (χ2v) is 3.71. The van der Waals surface area contributed by atoms with Crippen molar-refractivity contribution in [2.45, 2.75) is 45.8 Å². The summed E-state index contributed by atoms with van der Waals surface area (Å²) in [6.45, 7) is 4.91. The summed E-state index contributed by atoms with van der Waals surface area (Å²) < 4.78 is 7.14. The van der Waals surface area contributed by atoms with E-state index < -0.39 is 0 Å². The molecule has 1 aromatic rings. The third-order valence-corrected chi connectivity index (χ3v) is 2.56. The number of nitrogens with zero attached hydrogens (tertiary/aromatic N) is 4. The van der Waals surface area contributed by atoms with Crippen molar-refractivity contribution in [2.75, 3.05) is 7.11 Å². The molecule has 0 amide bonds. The Bertz CT molecular complexity index is 367. The molecule has 0 fully saturated rings. The first-order chi connectivity index (χ1) is 7.74. The van der Waals surface area contributed by atoms with Crippen LogP contribution in [0.25, 0.3) is 0 Å². The molecule has 1 rings (SSSR count). The molecule has 0 aliphatic heterocycles. The quantitative estimate of drug-likeness (QED) is 0.736. The summed E-state index contributed by atoms with van der Waals surface area (Å²) in [6.07, 6.45) is 2.37. The smallest absolute Gasteiger partial charge is 0.103 e. The molecule has 1 aromatic heterocycles. The van der Waals surface area contributed by atoms with Crippen molar-refractivity contribution in [3.63, 3.8) is 0 Å². The second kappa shape index (κ2) is 6.23. The van der Waals surface area contributed by atoms with Crippen molar-refractivity contribution in [1.29, 1.82) is 5.26 Å². The van der Waals surface area contributed by atoms with Crippen LogP contribution in [0.4, 0.5) is 0 Å². The monoisotopic (exact) mass is 222 g/mol. The maximum atomic E-state index is 8.72. The predicted octanol–water partition coefficient (Wildman–Crippen LogP) is 1.85. The fourth-order valence-electron chi connectivity index (χ4n) is 1.59. The van der Waals surface area contributed by atoms with Gasteiger partial charge in [0, 0.05) is 13.7 Å². The zero-order chi connectivity index (χ0) is 12.0. The van der Waals surface area contributed by atoms with Crippen molar-refractivity contribution in [2.24, 2.45) is 0 Å². The maximum absolute atomic E-state index is 8.72. The molecule has 0 aromatic carbocycles. The number of hydrogen-bond donors (Lipinski definition) is 0. The molecule has 1 heterocycles. The van der Waals surface area contributed by atoms with Crippen LogP contribution >= 0.6 is 0 Å². The first-order valence-corrected chi connectivity index (χ1v) is 5.56. The topological polar surface area (TPSA) is 63.7 Å². The molecule has 16 heavy (non-hydrogen) atoms. The van der Waals surface area contributed by atoms with Crippen LogP contribution in [0.15, 0.2) is 0 Å². The first-order valence-electron chi connectivity index (χ1n) is 5.56. The lowest BCUT2D eigenvalue weighted by Crippen LogP contribution is -2.10. The van der Waals surface area contributed by atoms with Gasteiger partial charge < -0.3 is 4.74 Å². The van der Waals surface area contributed by atoms with Crippen LogP contribution in [-0.2, 0) is 17.7 Å². The Kier molecular flexibility index (Phi) is 4.93.